The number of benzene rings is 2. The molecule has 2 aliphatic heterocycles. The molecule has 1 fully saturated rings. The molecule has 1 saturated heterocycles. The van der Waals surface area contributed by atoms with E-state index in [1.807, 2.05) is 6.07 Å². The summed E-state index contributed by atoms with van der Waals surface area (Å²) in [6.45, 7) is 1.17. The molecule has 31 heavy (non-hydrogen) atoms. The average molecular weight is 425 g/mol. The third-order valence-corrected chi connectivity index (χ3v) is 5.47. The summed E-state index contributed by atoms with van der Waals surface area (Å²) in [5, 5.41) is 5.02. The van der Waals surface area contributed by atoms with Gasteiger partial charge in [0.05, 0.1) is 20.3 Å². The molecule has 0 saturated carbocycles. The van der Waals surface area contributed by atoms with Gasteiger partial charge in [0.25, 0.3) is 11.8 Å². The van der Waals surface area contributed by atoms with E-state index >= 15 is 0 Å². The lowest BCUT2D eigenvalue weighted by Crippen LogP contribution is -2.52. The molecule has 2 aliphatic rings. The van der Waals surface area contributed by atoms with Gasteiger partial charge >= 0.3 is 6.03 Å². The predicted octanol–water partition coefficient (Wildman–Crippen LogP) is 1.41. The number of nitrogens with zero attached hydrogens (tertiary/aromatic N) is 1. The smallest absolute Gasteiger partial charge is 0.322 e. The predicted molar refractivity (Wildman–Crippen MR) is 110 cm³/mol. The molecule has 162 valence electrons. The van der Waals surface area contributed by atoms with Crippen molar-refractivity contribution in [1.82, 2.24) is 15.5 Å². The molecule has 9 heteroatoms. The Morgan fingerprint density at radius 2 is 1.74 bits per heavy atom. The molecule has 2 heterocycles. The third kappa shape index (κ3) is 3.79. The lowest BCUT2D eigenvalue weighted by Gasteiger charge is -2.31. The summed E-state index contributed by atoms with van der Waals surface area (Å²) in [7, 11) is 3.13. The molecule has 2 aromatic rings. The maximum Gasteiger partial charge on any atom is 0.322 e. The van der Waals surface area contributed by atoms with Crippen molar-refractivity contribution in [3.8, 4) is 11.5 Å². The van der Waals surface area contributed by atoms with Crippen LogP contribution in [0.3, 0.4) is 0 Å². The molecule has 0 unspecified atom stereocenters. The Hall–Kier alpha value is -3.59. The molecule has 0 aliphatic carbocycles. The minimum absolute atomic E-state index is 0.00964. The van der Waals surface area contributed by atoms with E-state index in [4.69, 9.17) is 14.2 Å². The summed E-state index contributed by atoms with van der Waals surface area (Å²) in [5.41, 5.74) is 0.522. The Morgan fingerprint density at radius 3 is 2.39 bits per heavy atom. The van der Waals surface area contributed by atoms with Gasteiger partial charge in [0.1, 0.15) is 18.1 Å². The summed E-state index contributed by atoms with van der Waals surface area (Å²) in [4.78, 5) is 39.5. The zero-order chi connectivity index (χ0) is 22.0. The second-order valence-electron chi connectivity index (χ2n) is 7.36. The quantitative estimate of drug-likeness (QED) is 0.489. The first-order chi connectivity index (χ1) is 15.0. The van der Waals surface area contributed by atoms with Gasteiger partial charge < -0.3 is 24.4 Å². The van der Waals surface area contributed by atoms with Crippen LogP contribution in [-0.2, 0) is 21.6 Å². The normalized spacial score (nSPS) is 19.8. The van der Waals surface area contributed by atoms with Gasteiger partial charge in [-0.25, -0.2) is 4.79 Å². The van der Waals surface area contributed by atoms with Gasteiger partial charge in [-0.05, 0) is 35.4 Å². The number of imide groups is 1. The van der Waals surface area contributed by atoms with Crippen molar-refractivity contribution in [3.05, 3.63) is 59.2 Å². The molecular formula is C22H23N3O6. The second-order valence-corrected chi connectivity index (χ2v) is 7.36. The number of methoxy groups -OCH3 is 2. The van der Waals surface area contributed by atoms with E-state index in [1.165, 1.54) is 7.11 Å². The number of amides is 4. The highest BCUT2D eigenvalue weighted by atomic mass is 16.5. The van der Waals surface area contributed by atoms with Crippen LogP contribution in [0.25, 0.3) is 0 Å². The van der Waals surface area contributed by atoms with Crippen molar-refractivity contribution < 1.29 is 28.6 Å². The van der Waals surface area contributed by atoms with E-state index in [0.717, 1.165) is 5.56 Å². The van der Waals surface area contributed by atoms with E-state index in [-0.39, 0.29) is 12.5 Å². The zero-order valence-corrected chi connectivity index (χ0v) is 17.3. The van der Waals surface area contributed by atoms with Crippen LogP contribution < -0.4 is 20.1 Å². The Bertz CT molecular complexity index is 1020. The first-order valence-corrected chi connectivity index (χ1v) is 9.79. The topological polar surface area (TPSA) is 106 Å². The molecule has 0 spiro atoms. The van der Waals surface area contributed by atoms with Gasteiger partial charge in [-0.15, -0.1) is 0 Å². The van der Waals surface area contributed by atoms with Crippen LogP contribution in [0.15, 0.2) is 42.5 Å². The van der Waals surface area contributed by atoms with E-state index in [0.29, 0.717) is 42.4 Å². The minimum atomic E-state index is -1.40. The number of urea groups is 1. The van der Waals surface area contributed by atoms with Gasteiger partial charge in [0.15, 0.2) is 5.54 Å². The Morgan fingerprint density at radius 1 is 1.00 bits per heavy atom. The molecular weight excluding hydrogens is 402 g/mol. The summed E-state index contributed by atoms with van der Waals surface area (Å²) in [6, 6.07) is 11.6. The van der Waals surface area contributed by atoms with Crippen molar-refractivity contribution in [2.24, 2.45) is 0 Å². The summed E-state index contributed by atoms with van der Waals surface area (Å²) >= 11 is 0. The number of carbonyl (C=O) groups is 3. The van der Waals surface area contributed by atoms with Gasteiger partial charge in [0, 0.05) is 19.2 Å². The first-order valence-electron chi connectivity index (χ1n) is 9.79. The molecule has 0 bridgehead atoms. The number of carbonyl (C=O) groups excluding carboxylic acids is 3. The largest absolute Gasteiger partial charge is 0.497 e. The lowest BCUT2D eigenvalue weighted by molar-refractivity contribution is -0.124. The fourth-order valence-electron chi connectivity index (χ4n) is 3.86. The Labute approximate surface area is 179 Å². The number of hydrogen-bond donors (Lipinski definition) is 2. The molecule has 4 amide bonds. The Kier molecular flexibility index (Phi) is 5.51. The van der Waals surface area contributed by atoms with Crippen LogP contribution in [0.1, 0.15) is 21.5 Å². The third-order valence-electron chi connectivity index (χ3n) is 5.47. The zero-order valence-electron chi connectivity index (χ0n) is 17.3. The van der Waals surface area contributed by atoms with Crippen molar-refractivity contribution in [2.45, 2.75) is 12.1 Å². The molecule has 0 radical (unpaired) electrons. The minimum Gasteiger partial charge on any atom is -0.497 e. The first kappa shape index (κ1) is 20.7. The summed E-state index contributed by atoms with van der Waals surface area (Å²) < 4.78 is 15.7. The van der Waals surface area contributed by atoms with Crippen molar-refractivity contribution in [2.75, 3.05) is 34.0 Å². The van der Waals surface area contributed by atoms with Crippen LogP contribution in [-0.4, -0.2) is 56.7 Å². The number of rotatable bonds is 8. The molecule has 9 nitrogen and oxygen atoms in total. The Balaban J connectivity index is 1.60. The monoisotopic (exact) mass is 425 g/mol. The van der Waals surface area contributed by atoms with E-state index < -0.39 is 17.5 Å². The number of hydrogen-bond acceptors (Lipinski definition) is 6. The van der Waals surface area contributed by atoms with E-state index in [1.54, 1.807) is 48.4 Å². The standard InChI is InChI=1S/C22H23N3O6/c1-29-9-10-31-16-7-4-15(5-8-16)22(20(27)23-21(28)24-22)13-25-12-14-3-6-17(30-2)11-18(14)19(25)26/h3-8,11H,9-10,12-13H2,1-2H3,(H2,23,24,27,28)/t22-/m0/s1. The fraction of sp³-hybridized carbons (Fsp3) is 0.318. The molecule has 2 N–H and O–H groups in total. The second kappa shape index (κ2) is 8.27. The number of fused-ring (bicyclic) bond motifs is 1. The summed E-state index contributed by atoms with van der Waals surface area (Å²) in [6.07, 6.45) is 0. The fourth-order valence-corrected chi connectivity index (χ4v) is 3.86. The molecule has 0 aromatic heterocycles. The van der Waals surface area contributed by atoms with Gasteiger partial charge in [-0.1, -0.05) is 18.2 Å². The highest BCUT2D eigenvalue weighted by Crippen LogP contribution is 2.33. The van der Waals surface area contributed by atoms with Crippen LogP contribution in [0.5, 0.6) is 11.5 Å². The lowest BCUT2D eigenvalue weighted by atomic mass is 9.89. The van der Waals surface area contributed by atoms with Crippen molar-refractivity contribution in [3.63, 3.8) is 0 Å². The molecule has 4 rings (SSSR count). The van der Waals surface area contributed by atoms with Crippen LogP contribution in [0, 0.1) is 0 Å². The van der Waals surface area contributed by atoms with Crippen molar-refractivity contribution in [1.29, 1.82) is 0 Å². The number of nitrogens with one attached hydrogen (secondary N) is 2. The van der Waals surface area contributed by atoms with Crippen LogP contribution in [0.2, 0.25) is 0 Å². The van der Waals surface area contributed by atoms with E-state index in [9.17, 15) is 14.4 Å². The summed E-state index contributed by atoms with van der Waals surface area (Å²) in [5.74, 6) is 0.464. The SMILES string of the molecule is COCCOc1ccc([C@]2(CN3Cc4ccc(OC)cc4C3=O)NC(=O)NC2=O)cc1. The van der Waals surface area contributed by atoms with E-state index in [2.05, 4.69) is 10.6 Å². The van der Waals surface area contributed by atoms with Crippen LogP contribution in [0.4, 0.5) is 4.79 Å². The highest BCUT2D eigenvalue weighted by molar-refractivity contribution is 6.08. The maximum absolute atomic E-state index is 13.0. The van der Waals surface area contributed by atoms with Gasteiger partial charge in [-0.2, -0.15) is 0 Å². The molecule has 2 aromatic carbocycles. The maximum atomic E-state index is 13.0. The van der Waals surface area contributed by atoms with Gasteiger partial charge in [-0.3, -0.25) is 14.9 Å². The number of ether oxygens (including phenoxy) is 3. The van der Waals surface area contributed by atoms with Crippen molar-refractivity contribution >= 4 is 17.8 Å². The highest BCUT2D eigenvalue weighted by Gasteiger charge is 2.50. The van der Waals surface area contributed by atoms with Crippen LogP contribution >= 0.6 is 0 Å². The average Bonchev–Trinajstić information content (AvgIpc) is 3.24. The molecule has 1 atom stereocenters. The van der Waals surface area contributed by atoms with Gasteiger partial charge in [0.2, 0.25) is 0 Å².